The monoisotopic (exact) mass is 494 g/mol. The average molecular weight is 495 g/mol. The fraction of sp³-hybridized carbons (Fsp3) is 0.182. The summed E-state index contributed by atoms with van der Waals surface area (Å²) in [6, 6.07) is 11.7. The molecule has 0 unspecified atom stereocenters. The number of nitrogens with zero attached hydrogens (tertiary/aromatic N) is 1. The van der Waals surface area contributed by atoms with Crippen molar-refractivity contribution < 1.29 is 27.1 Å². The van der Waals surface area contributed by atoms with E-state index in [1.165, 1.54) is 30.5 Å². The smallest absolute Gasteiger partial charge is 0.416 e. The van der Waals surface area contributed by atoms with Crippen molar-refractivity contribution in [3.63, 3.8) is 0 Å². The van der Waals surface area contributed by atoms with Gasteiger partial charge >= 0.3 is 6.18 Å². The first kappa shape index (κ1) is 22.6. The fourth-order valence-corrected chi connectivity index (χ4v) is 3.64. The average Bonchev–Trinajstić information content (AvgIpc) is 3.15. The molecule has 0 aliphatic carbocycles. The van der Waals surface area contributed by atoms with Crippen LogP contribution in [-0.2, 0) is 11.0 Å². The summed E-state index contributed by atoms with van der Waals surface area (Å²) in [7, 11) is 0. The van der Waals surface area contributed by atoms with Crippen LogP contribution in [0.4, 0.5) is 13.2 Å². The Labute approximate surface area is 185 Å². The maximum atomic E-state index is 12.9. The van der Waals surface area contributed by atoms with E-state index < -0.39 is 17.6 Å². The molecule has 0 saturated heterocycles. The van der Waals surface area contributed by atoms with E-state index in [-0.39, 0.29) is 23.7 Å². The predicted molar refractivity (Wildman–Crippen MR) is 114 cm³/mol. The number of carbonyl (C=O) groups excluding carboxylic acids is 1. The van der Waals surface area contributed by atoms with Crippen LogP contribution in [0.3, 0.4) is 0 Å². The molecule has 9 heteroatoms. The third kappa shape index (κ3) is 5.97. The van der Waals surface area contributed by atoms with Gasteiger partial charge in [-0.2, -0.15) is 18.3 Å². The SMILES string of the molecule is Cc1cc(C)c(OCC(=O)NN=Cc2ccc(-c3cccc(C(F)(F)F)c3)o2)c(Br)c1. The second-order valence-corrected chi connectivity index (χ2v) is 7.61. The maximum Gasteiger partial charge on any atom is 0.416 e. The number of benzene rings is 2. The number of furan rings is 1. The lowest BCUT2D eigenvalue weighted by Crippen LogP contribution is -2.24. The standard InChI is InChI=1S/C22H18BrF3N2O3/c1-13-8-14(2)21(18(23)9-13)30-12-20(29)28-27-11-17-6-7-19(31-17)15-4-3-5-16(10-15)22(24,25)26/h3-11H,12H2,1-2H3,(H,28,29). The van der Waals surface area contributed by atoms with Gasteiger partial charge in [0.05, 0.1) is 16.3 Å². The molecule has 1 N–H and O–H groups in total. The Morgan fingerprint density at radius 1 is 1.19 bits per heavy atom. The van der Waals surface area contributed by atoms with Gasteiger partial charge in [0, 0.05) is 5.56 Å². The Hall–Kier alpha value is -3.07. The number of ether oxygens (including phenoxy) is 1. The number of hydrazone groups is 1. The van der Waals surface area contributed by atoms with Crippen LogP contribution in [0.2, 0.25) is 0 Å². The van der Waals surface area contributed by atoms with Gasteiger partial charge in [0.1, 0.15) is 17.3 Å². The van der Waals surface area contributed by atoms with Crippen molar-refractivity contribution in [3.05, 3.63) is 75.5 Å². The molecule has 3 rings (SSSR count). The molecular weight excluding hydrogens is 477 g/mol. The number of nitrogens with one attached hydrogen (secondary N) is 1. The predicted octanol–water partition coefficient (Wildman–Crippen LogP) is 5.87. The van der Waals surface area contributed by atoms with Crippen LogP contribution >= 0.6 is 15.9 Å². The Morgan fingerprint density at radius 2 is 1.97 bits per heavy atom. The van der Waals surface area contributed by atoms with Crippen LogP contribution in [0.5, 0.6) is 5.75 Å². The van der Waals surface area contributed by atoms with Crippen molar-refractivity contribution in [2.24, 2.45) is 5.10 Å². The molecule has 162 valence electrons. The number of amides is 1. The summed E-state index contributed by atoms with van der Waals surface area (Å²) in [6.45, 7) is 3.59. The molecule has 0 saturated carbocycles. The lowest BCUT2D eigenvalue weighted by atomic mass is 10.1. The molecule has 0 spiro atoms. The van der Waals surface area contributed by atoms with Gasteiger partial charge in [0.25, 0.3) is 5.91 Å². The van der Waals surface area contributed by atoms with Crippen LogP contribution in [-0.4, -0.2) is 18.7 Å². The van der Waals surface area contributed by atoms with Crippen molar-refractivity contribution in [1.82, 2.24) is 5.43 Å². The summed E-state index contributed by atoms with van der Waals surface area (Å²) in [4.78, 5) is 12.0. The van der Waals surface area contributed by atoms with Crippen LogP contribution in [0.15, 0.2) is 62.5 Å². The summed E-state index contributed by atoms with van der Waals surface area (Å²) >= 11 is 3.41. The third-order valence-corrected chi connectivity index (χ3v) is 4.79. The van der Waals surface area contributed by atoms with E-state index in [1.807, 2.05) is 26.0 Å². The van der Waals surface area contributed by atoms with E-state index in [0.29, 0.717) is 5.75 Å². The molecule has 1 aromatic heterocycles. The number of aryl methyl sites for hydroxylation is 2. The minimum Gasteiger partial charge on any atom is -0.482 e. The molecule has 1 heterocycles. The van der Waals surface area contributed by atoms with Crippen LogP contribution < -0.4 is 10.2 Å². The number of carbonyl (C=O) groups is 1. The van der Waals surface area contributed by atoms with Crippen molar-refractivity contribution in [1.29, 1.82) is 0 Å². The first-order chi connectivity index (χ1) is 14.6. The van der Waals surface area contributed by atoms with Gasteiger partial charge in [0.15, 0.2) is 6.61 Å². The molecule has 2 aromatic carbocycles. The second-order valence-electron chi connectivity index (χ2n) is 6.76. The minimum atomic E-state index is -4.44. The maximum absolute atomic E-state index is 12.9. The summed E-state index contributed by atoms with van der Waals surface area (Å²) in [5.41, 5.74) is 3.78. The van der Waals surface area contributed by atoms with Gasteiger partial charge in [-0.1, -0.05) is 18.2 Å². The van der Waals surface area contributed by atoms with Gasteiger partial charge in [0.2, 0.25) is 0 Å². The Kier molecular flexibility index (Phi) is 6.84. The van der Waals surface area contributed by atoms with E-state index in [2.05, 4.69) is 26.5 Å². The van der Waals surface area contributed by atoms with Crippen molar-refractivity contribution in [2.75, 3.05) is 6.61 Å². The molecule has 0 fully saturated rings. The highest BCUT2D eigenvalue weighted by Gasteiger charge is 2.30. The van der Waals surface area contributed by atoms with Crippen molar-refractivity contribution in [3.8, 4) is 17.1 Å². The van der Waals surface area contributed by atoms with Gasteiger partial charge in [-0.3, -0.25) is 4.79 Å². The van der Waals surface area contributed by atoms with Gasteiger partial charge in [-0.15, -0.1) is 0 Å². The summed E-state index contributed by atoms with van der Waals surface area (Å²) in [5.74, 6) is 0.613. The molecule has 0 aliphatic heterocycles. The van der Waals surface area contributed by atoms with E-state index in [1.54, 1.807) is 0 Å². The normalized spacial score (nSPS) is 11.7. The molecular formula is C22H18BrF3N2O3. The highest BCUT2D eigenvalue weighted by atomic mass is 79.9. The third-order valence-electron chi connectivity index (χ3n) is 4.20. The molecule has 31 heavy (non-hydrogen) atoms. The Balaban J connectivity index is 1.58. The molecule has 0 atom stereocenters. The molecule has 5 nitrogen and oxygen atoms in total. The zero-order valence-corrected chi connectivity index (χ0v) is 18.2. The van der Waals surface area contributed by atoms with Crippen LogP contribution in [0, 0.1) is 13.8 Å². The van der Waals surface area contributed by atoms with Gasteiger partial charge < -0.3 is 9.15 Å². The second kappa shape index (κ2) is 9.38. The number of hydrogen-bond acceptors (Lipinski definition) is 4. The molecule has 1 amide bonds. The van der Waals surface area contributed by atoms with E-state index in [0.717, 1.165) is 27.7 Å². The van der Waals surface area contributed by atoms with Crippen molar-refractivity contribution in [2.45, 2.75) is 20.0 Å². The fourth-order valence-electron chi connectivity index (χ4n) is 2.85. The zero-order valence-electron chi connectivity index (χ0n) is 16.6. The summed E-state index contributed by atoms with van der Waals surface area (Å²) < 4.78 is 50.4. The van der Waals surface area contributed by atoms with Gasteiger partial charge in [-0.05, 0) is 71.2 Å². The molecule has 0 bridgehead atoms. The lowest BCUT2D eigenvalue weighted by molar-refractivity contribution is -0.137. The van der Waals surface area contributed by atoms with E-state index >= 15 is 0 Å². The number of hydrogen-bond donors (Lipinski definition) is 1. The highest BCUT2D eigenvalue weighted by Crippen LogP contribution is 2.32. The van der Waals surface area contributed by atoms with E-state index in [9.17, 15) is 18.0 Å². The first-order valence-electron chi connectivity index (χ1n) is 9.12. The summed E-state index contributed by atoms with van der Waals surface area (Å²) in [5, 5.41) is 3.79. The zero-order chi connectivity index (χ0) is 22.6. The Morgan fingerprint density at radius 3 is 2.68 bits per heavy atom. The molecule has 0 aliphatic rings. The first-order valence-corrected chi connectivity index (χ1v) is 9.91. The van der Waals surface area contributed by atoms with Crippen LogP contribution in [0.1, 0.15) is 22.5 Å². The van der Waals surface area contributed by atoms with E-state index in [4.69, 9.17) is 9.15 Å². The largest absolute Gasteiger partial charge is 0.482 e. The highest BCUT2D eigenvalue weighted by molar-refractivity contribution is 9.10. The Bertz CT molecular complexity index is 1100. The number of alkyl halides is 3. The summed E-state index contributed by atoms with van der Waals surface area (Å²) in [6.07, 6.45) is -3.19. The topological polar surface area (TPSA) is 63.8 Å². The van der Waals surface area contributed by atoms with Crippen molar-refractivity contribution >= 4 is 28.1 Å². The van der Waals surface area contributed by atoms with Gasteiger partial charge in [-0.25, -0.2) is 5.43 Å². The van der Waals surface area contributed by atoms with Crippen LogP contribution in [0.25, 0.3) is 11.3 Å². The molecule has 0 radical (unpaired) electrons. The molecule has 3 aromatic rings. The number of halogens is 4. The lowest BCUT2D eigenvalue weighted by Gasteiger charge is -2.11. The minimum absolute atomic E-state index is 0.243. The number of rotatable bonds is 6. The quantitative estimate of drug-likeness (QED) is 0.344.